The van der Waals surface area contributed by atoms with Crippen molar-refractivity contribution in [2.45, 2.75) is 6.04 Å². The lowest BCUT2D eigenvalue weighted by atomic mass is 10.1. The summed E-state index contributed by atoms with van der Waals surface area (Å²) in [6.45, 7) is -0.456. The Kier molecular flexibility index (Phi) is 5.54. The van der Waals surface area contributed by atoms with Gasteiger partial charge in [0.1, 0.15) is 0 Å². The minimum absolute atomic E-state index is 0.410. The molecule has 2 aromatic rings. The maximum Gasteiger partial charge on any atom is 0.313 e. The number of amides is 2. The highest BCUT2D eigenvalue weighted by Gasteiger charge is 2.20. The first-order chi connectivity index (χ1) is 11.4. The van der Waals surface area contributed by atoms with Crippen molar-refractivity contribution in [2.75, 3.05) is 11.9 Å². The maximum atomic E-state index is 13.1. The number of carbonyl (C=O) groups excluding carboxylic acids is 2. The molecule has 2 aromatic carbocycles. The molecule has 5 nitrogen and oxygen atoms in total. The minimum Gasteiger partial charge on any atom is -0.394 e. The number of hydrogen-bond donors (Lipinski definition) is 3. The second-order valence-corrected chi connectivity index (χ2v) is 4.83. The summed E-state index contributed by atoms with van der Waals surface area (Å²) in [7, 11) is 0. The number of rotatable bonds is 4. The zero-order valence-electron chi connectivity index (χ0n) is 12.2. The molecule has 3 N–H and O–H groups in total. The first-order valence-corrected chi connectivity index (χ1v) is 6.84. The predicted octanol–water partition coefficient (Wildman–Crippen LogP) is 1.89. The van der Waals surface area contributed by atoms with Crippen LogP contribution in [-0.4, -0.2) is 23.5 Å². The molecule has 0 spiro atoms. The zero-order chi connectivity index (χ0) is 17.7. The predicted molar refractivity (Wildman–Crippen MR) is 79.4 cm³/mol. The Morgan fingerprint density at radius 1 is 1.00 bits per heavy atom. The first kappa shape index (κ1) is 17.5. The lowest BCUT2D eigenvalue weighted by Gasteiger charge is -2.16. The molecule has 0 radical (unpaired) electrons. The summed E-state index contributed by atoms with van der Waals surface area (Å²) in [5.74, 6) is -7.01. The number of halogens is 3. The summed E-state index contributed by atoms with van der Waals surface area (Å²) in [4.78, 5) is 23.6. The molecule has 0 saturated heterocycles. The Balaban J connectivity index is 2.05. The van der Waals surface area contributed by atoms with Crippen LogP contribution in [0, 0.1) is 17.5 Å². The van der Waals surface area contributed by atoms with Crippen molar-refractivity contribution in [2.24, 2.45) is 0 Å². The van der Waals surface area contributed by atoms with Crippen molar-refractivity contribution in [3.05, 3.63) is 65.5 Å². The molecule has 0 aromatic heterocycles. The van der Waals surface area contributed by atoms with E-state index in [1.165, 1.54) is 0 Å². The van der Waals surface area contributed by atoms with E-state index in [0.29, 0.717) is 17.7 Å². The molecular formula is C16H13F3N2O3. The number of hydrogen-bond acceptors (Lipinski definition) is 3. The number of aliphatic hydroxyl groups excluding tert-OH is 1. The van der Waals surface area contributed by atoms with Gasteiger partial charge in [-0.1, -0.05) is 30.3 Å². The highest BCUT2D eigenvalue weighted by Crippen LogP contribution is 2.17. The average Bonchev–Trinajstić information content (AvgIpc) is 2.57. The normalized spacial score (nSPS) is 11.7. The highest BCUT2D eigenvalue weighted by atomic mass is 19.2. The molecule has 0 fully saturated rings. The van der Waals surface area contributed by atoms with Crippen molar-refractivity contribution in [1.29, 1.82) is 0 Å². The molecule has 2 rings (SSSR count). The number of anilines is 1. The van der Waals surface area contributed by atoms with Crippen LogP contribution >= 0.6 is 0 Å². The molecule has 24 heavy (non-hydrogen) atoms. The molecule has 2 amide bonds. The molecular weight excluding hydrogens is 325 g/mol. The molecule has 0 saturated carbocycles. The van der Waals surface area contributed by atoms with E-state index in [1.807, 2.05) is 5.32 Å². The largest absolute Gasteiger partial charge is 0.394 e. The van der Waals surface area contributed by atoms with Crippen LogP contribution in [0.15, 0.2) is 42.5 Å². The number of nitrogens with one attached hydrogen (secondary N) is 2. The summed E-state index contributed by atoms with van der Waals surface area (Å²) in [5, 5.41) is 13.5. The number of benzene rings is 2. The van der Waals surface area contributed by atoms with E-state index < -0.39 is 47.6 Å². The van der Waals surface area contributed by atoms with Crippen LogP contribution in [0.2, 0.25) is 0 Å². The van der Waals surface area contributed by atoms with Gasteiger partial charge < -0.3 is 15.7 Å². The Morgan fingerprint density at radius 2 is 1.58 bits per heavy atom. The van der Waals surface area contributed by atoms with Gasteiger partial charge in [0.2, 0.25) is 0 Å². The molecule has 1 atom stereocenters. The quantitative estimate of drug-likeness (QED) is 0.588. The Hall–Kier alpha value is -2.87. The summed E-state index contributed by atoms with van der Waals surface area (Å²) in [6, 6.07) is 8.67. The van der Waals surface area contributed by atoms with Crippen molar-refractivity contribution in [1.82, 2.24) is 5.32 Å². The van der Waals surface area contributed by atoms with Crippen LogP contribution in [0.3, 0.4) is 0 Å². The van der Waals surface area contributed by atoms with Crippen molar-refractivity contribution >= 4 is 17.5 Å². The third-order valence-corrected chi connectivity index (χ3v) is 3.14. The average molecular weight is 338 g/mol. The number of carbonyl (C=O) groups is 2. The van der Waals surface area contributed by atoms with E-state index in [4.69, 9.17) is 0 Å². The van der Waals surface area contributed by atoms with Gasteiger partial charge in [0, 0.05) is 17.8 Å². The van der Waals surface area contributed by atoms with Crippen LogP contribution in [0.4, 0.5) is 18.9 Å². The van der Waals surface area contributed by atoms with E-state index in [0.717, 1.165) is 0 Å². The topological polar surface area (TPSA) is 78.4 Å². The lowest BCUT2D eigenvalue weighted by molar-refractivity contribution is -0.136. The number of aliphatic hydroxyl groups is 1. The molecule has 8 heteroatoms. The van der Waals surface area contributed by atoms with Gasteiger partial charge in [-0.15, -0.1) is 0 Å². The van der Waals surface area contributed by atoms with Crippen LogP contribution < -0.4 is 10.6 Å². The minimum atomic E-state index is -1.68. The fourth-order valence-corrected chi connectivity index (χ4v) is 1.96. The van der Waals surface area contributed by atoms with Gasteiger partial charge in [0.25, 0.3) is 0 Å². The van der Waals surface area contributed by atoms with Crippen molar-refractivity contribution in [3.8, 4) is 0 Å². The van der Waals surface area contributed by atoms with Crippen LogP contribution in [0.1, 0.15) is 11.6 Å². The second-order valence-electron chi connectivity index (χ2n) is 4.83. The summed E-state index contributed by atoms with van der Waals surface area (Å²) < 4.78 is 39.0. The smallest absolute Gasteiger partial charge is 0.313 e. The van der Waals surface area contributed by atoms with Gasteiger partial charge in [0.05, 0.1) is 12.6 Å². The zero-order valence-corrected chi connectivity index (χ0v) is 12.2. The second kappa shape index (κ2) is 7.60. The Morgan fingerprint density at radius 3 is 2.12 bits per heavy atom. The van der Waals surface area contributed by atoms with E-state index in [9.17, 15) is 27.9 Å². The van der Waals surface area contributed by atoms with E-state index in [1.54, 1.807) is 30.3 Å². The summed E-state index contributed by atoms with van der Waals surface area (Å²) in [6.07, 6.45) is 0. The first-order valence-electron chi connectivity index (χ1n) is 6.84. The van der Waals surface area contributed by atoms with E-state index in [-0.39, 0.29) is 0 Å². The Bertz CT molecular complexity index is 730. The van der Waals surface area contributed by atoms with Gasteiger partial charge in [-0.25, -0.2) is 13.2 Å². The standard InChI is InChI=1S/C16H13F3N2O3/c17-11-6-10(7-12(18)14(11)19)20-15(23)16(24)21-13(8-22)9-4-2-1-3-5-9/h1-7,13,22H,8H2,(H,20,23)(H,21,24)/t13-/m1/s1. The molecule has 0 aliphatic heterocycles. The van der Waals surface area contributed by atoms with E-state index >= 15 is 0 Å². The summed E-state index contributed by atoms with van der Waals surface area (Å²) >= 11 is 0. The fourth-order valence-electron chi connectivity index (χ4n) is 1.96. The van der Waals surface area contributed by atoms with Crippen LogP contribution in [-0.2, 0) is 9.59 Å². The van der Waals surface area contributed by atoms with Gasteiger partial charge >= 0.3 is 11.8 Å². The fraction of sp³-hybridized carbons (Fsp3) is 0.125. The SMILES string of the molecule is O=C(Nc1cc(F)c(F)c(F)c1)C(=O)N[C@H](CO)c1ccccc1. The van der Waals surface area contributed by atoms with Gasteiger partial charge in [-0.3, -0.25) is 9.59 Å². The molecule has 126 valence electrons. The third-order valence-electron chi connectivity index (χ3n) is 3.14. The van der Waals surface area contributed by atoms with Crippen LogP contribution in [0.25, 0.3) is 0 Å². The van der Waals surface area contributed by atoms with Gasteiger partial charge in [-0.2, -0.15) is 0 Å². The monoisotopic (exact) mass is 338 g/mol. The van der Waals surface area contributed by atoms with Crippen LogP contribution in [0.5, 0.6) is 0 Å². The van der Waals surface area contributed by atoms with Crippen molar-refractivity contribution in [3.63, 3.8) is 0 Å². The van der Waals surface area contributed by atoms with Gasteiger partial charge in [-0.05, 0) is 5.56 Å². The lowest BCUT2D eigenvalue weighted by Crippen LogP contribution is -2.39. The van der Waals surface area contributed by atoms with Gasteiger partial charge in [0.15, 0.2) is 17.5 Å². The molecule has 0 aliphatic rings. The van der Waals surface area contributed by atoms with Crippen molar-refractivity contribution < 1.29 is 27.9 Å². The molecule has 0 heterocycles. The summed E-state index contributed by atoms with van der Waals surface area (Å²) in [5.41, 5.74) is 0.159. The highest BCUT2D eigenvalue weighted by molar-refractivity contribution is 6.39. The molecule has 0 unspecified atom stereocenters. The van der Waals surface area contributed by atoms with E-state index in [2.05, 4.69) is 5.32 Å². The maximum absolute atomic E-state index is 13.1. The third kappa shape index (κ3) is 4.11. The molecule has 0 aliphatic carbocycles. The molecule has 0 bridgehead atoms. The Labute approximate surface area is 135 Å².